The van der Waals surface area contributed by atoms with Crippen LogP contribution >= 0.6 is 11.6 Å². The largest absolute Gasteiger partial charge is 0.573 e. The second-order valence-corrected chi connectivity index (χ2v) is 6.77. The van der Waals surface area contributed by atoms with E-state index in [0.29, 0.717) is 16.1 Å². The quantitative estimate of drug-likeness (QED) is 0.600. The van der Waals surface area contributed by atoms with Crippen molar-refractivity contribution in [2.75, 3.05) is 0 Å². The Morgan fingerprint density at radius 1 is 1.10 bits per heavy atom. The highest BCUT2D eigenvalue weighted by Crippen LogP contribution is 2.22. The lowest BCUT2D eigenvalue weighted by atomic mass is 10.2. The fraction of sp³-hybridized carbons (Fsp3) is 0.150. The molecule has 7 nitrogen and oxygen atoms in total. The average Bonchev–Trinajstić information content (AvgIpc) is 2.70. The van der Waals surface area contributed by atoms with Crippen molar-refractivity contribution in [3.63, 3.8) is 0 Å². The SMILES string of the molecule is O=C(NCc1ccc(OC(F)(F)F)cc1)c1c[nH]c(=O)n(Cc2ccccc2Cl)c1=O. The van der Waals surface area contributed by atoms with Gasteiger partial charge in [-0.05, 0) is 29.3 Å². The minimum Gasteiger partial charge on any atom is -0.406 e. The minimum absolute atomic E-state index is 0.0613. The number of ether oxygens (including phenoxy) is 1. The molecule has 0 saturated carbocycles. The summed E-state index contributed by atoms with van der Waals surface area (Å²) in [6, 6.07) is 11.5. The van der Waals surface area contributed by atoms with E-state index in [1.807, 2.05) is 0 Å². The molecular formula is C20H15ClF3N3O4. The van der Waals surface area contributed by atoms with Gasteiger partial charge in [0.2, 0.25) is 0 Å². The smallest absolute Gasteiger partial charge is 0.406 e. The third-order valence-corrected chi connectivity index (χ3v) is 4.57. The number of H-pyrrole nitrogens is 1. The molecule has 162 valence electrons. The molecular weight excluding hydrogens is 439 g/mol. The lowest BCUT2D eigenvalue weighted by Gasteiger charge is -2.10. The van der Waals surface area contributed by atoms with Crippen molar-refractivity contribution in [2.45, 2.75) is 19.5 Å². The van der Waals surface area contributed by atoms with E-state index in [0.717, 1.165) is 22.9 Å². The number of nitrogens with zero attached hydrogens (tertiary/aromatic N) is 1. The molecule has 3 aromatic rings. The summed E-state index contributed by atoms with van der Waals surface area (Å²) < 4.78 is 41.2. The van der Waals surface area contributed by atoms with Crippen LogP contribution in [0.25, 0.3) is 0 Å². The molecule has 2 aromatic carbocycles. The molecule has 0 aliphatic rings. The number of rotatable bonds is 6. The fourth-order valence-electron chi connectivity index (χ4n) is 2.70. The molecule has 0 spiro atoms. The van der Waals surface area contributed by atoms with Gasteiger partial charge in [-0.25, -0.2) is 4.79 Å². The van der Waals surface area contributed by atoms with Crippen molar-refractivity contribution < 1.29 is 22.7 Å². The van der Waals surface area contributed by atoms with E-state index in [4.69, 9.17) is 11.6 Å². The van der Waals surface area contributed by atoms with Crippen molar-refractivity contribution in [3.05, 3.63) is 97.3 Å². The summed E-state index contributed by atoms with van der Waals surface area (Å²) in [6.45, 7) is -0.191. The third-order valence-electron chi connectivity index (χ3n) is 4.20. The van der Waals surface area contributed by atoms with Gasteiger partial charge in [-0.1, -0.05) is 41.9 Å². The van der Waals surface area contributed by atoms with Gasteiger partial charge in [0.25, 0.3) is 11.5 Å². The number of carbonyl (C=O) groups is 1. The number of nitrogens with one attached hydrogen (secondary N) is 2. The third kappa shape index (κ3) is 5.76. The van der Waals surface area contributed by atoms with Crippen molar-refractivity contribution in [1.29, 1.82) is 0 Å². The van der Waals surface area contributed by atoms with E-state index in [9.17, 15) is 27.6 Å². The van der Waals surface area contributed by atoms with Gasteiger partial charge in [-0.15, -0.1) is 13.2 Å². The van der Waals surface area contributed by atoms with Crippen LogP contribution in [-0.2, 0) is 13.1 Å². The highest BCUT2D eigenvalue weighted by atomic mass is 35.5. The number of alkyl halides is 3. The van der Waals surface area contributed by atoms with Gasteiger partial charge in [0.1, 0.15) is 11.3 Å². The first kappa shape index (κ1) is 22.2. The van der Waals surface area contributed by atoms with E-state index in [1.54, 1.807) is 24.3 Å². The van der Waals surface area contributed by atoms with Gasteiger partial charge in [0, 0.05) is 17.8 Å². The summed E-state index contributed by atoms with van der Waals surface area (Å²) in [5.41, 5.74) is -0.820. The Morgan fingerprint density at radius 3 is 2.42 bits per heavy atom. The van der Waals surface area contributed by atoms with E-state index in [2.05, 4.69) is 15.0 Å². The summed E-state index contributed by atoms with van der Waals surface area (Å²) in [5.74, 6) is -1.16. The topological polar surface area (TPSA) is 93.2 Å². The van der Waals surface area contributed by atoms with E-state index in [1.165, 1.54) is 12.1 Å². The number of aromatic amines is 1. The minimum atomic E-state index is -4.80. The Morgan fingerprint density at radius 2 is 1.77 bits per heavy atom. The molecule has 0 atom stereocenters. The Bertz CT molecular complexity index is 1200. The summed E-state index contributed by atoms with van der Waals surface area (Å²) in [5, 5.41) is 2.84. The van der Waals surface area contributed by atoms with Crippen LogP contribution in [0.4, 0.5) is 13.2 Å². The summed E-state index contributed by atoms with van der Waals surface area (Å²) in [4.78, 5) is 39.5. The van der Waals surface area contributed by atoms with Crippen molar-refractivity contribution in [3.8, 4) is 5.75 Å². The molecule has 0 radical (unpaired) electrons. The number of aromatic nitrogens is 2. The maximum absolute atomic E-state index is 12.7. The monoisotopic (exact) mass is 453 g/mol. The average molecular weight is 454 g/mol. The molecule has 0 bridgehead atoms. The van der Waals surface area contributed by atoms with Gasteiger partial charge in [-0.3, -0.25) is 14.2 Å². The van der Waals surface area contributed by atoms with Gasteiger partial charge < -0.3 is 15.0 Å². The second kappa shape index (κ2) is 9.09. The zero-order chi connectivity index (χ0) is 22.6. The van der Waals surface area contributed by atoms with Gasteiger partial charge in [-0.2, -0.15) is 0 Å². The van der Waals surface area contributed by atoms with Crippen LogP contribution in [0.1, 0.15) is 21.5 Å². The Balaban J connectivity index is 1.73. The van der Waals surface area contributed by atoms with E-state index < -0.39 is 29.3 Å². The summed E-state index contributed by atoms with van der Waals surface area (Å²) >= 11 is 6.07. The first-order valence-corrected chi connectivity index (χ1v) is 9.20. The summed E-state index contributed by atoms with van der Waals surface area (Å²) in [6.07, 6.45) is -3.80. The molecule has 1 amide bonds. The molecule has 3 rings (SSSR count). The number of hydrogen-bond acceptors (Lipinski definition) is 4. The predicted molar refractivity (Wildman–Crippen MR) is 106 cm³/mol. The van der Waals surface area contributed by atoms with Crippen LogP contribution < -0.4 is 21.3 Å². The number of carbonyl (C=O) groups excluding carboxylic acids is 1. The Kier molecular flexibility index (Phi) is 6.50. The van der Waals surface area contributed by atoms with E-state index in [-0.39, 0.29) is 18.7 Å². The summed E-state index contributed by atoms with van der Waals surface area (Å²) in [7, 11) is 0. The zero-order valence-corrected chi connectivity index (χ0v) is 16.5. The normalized spacial score (nSPS) is 11.2. The molecule has 0 fully saturated rings. The Hall–Kier alpha value is -3.53. The molecule has 31 heavy (non-hydrogen) atoms. The maximum atomic E-state index is 12.7. The molecule has 0 unspecified atom stereocenters. The predicted octanol–water partition coefficient (Wildman–Crippen LogP) is 3.07. The number of amides is 1. The van der Waals surface area contributed by atoms with Crippen LogP contribution in [0.15, 0.2) is 64.3 Å². The number of benzene rings is 2. The maximum Gasteiger partial charge on any atom is 0.573 e. The molecule has 0 aliphatic carbocycles. The molecule has 11 heteroatoms. The molecule has 1 aromatic heterocycles. The number of halogens is 4. The van der Waals surface area contributed by atoms with Crippen molar-refractivity contribution in [2.24, 2.45) is 0 Å². The van der Waals surface area contributed by atoms with Crippen LogP contribution in [0.2, 0.25) is 5.02 Å². The highest BCUT2D eigenvalue weighted by molar-refractivity contribution is 6.31. The van der Waals surface area contributed by atoms with Crippen LogP contribution in [0.5, 0.6) is 5.75 Å². The van der Waals surface area contributed by atoms with E-state index >= 15 is 0 Å². The zero-order valence-electron chi connectivity index (χ0n) is 15.7. The molecule has 0 aliphatic heterocycles. The fourth-order valence-corrected chi connectivity index (χ4v) is 2.90. The second-order valence-electron chi connectivity index (χ2n) is 6.36. The first-order valence-electron chi connectivity index (χ1n) is 8.83. The van der Waals surface area contributed by atoms with Gasteiger partial charge in [0.05, 0.1) is 6.54 Å². The van der Waals surface area contributed by atoms with Crippen LogP contribution in [-0.4, -0.2) is 21.8 Å². The van der Waals surface area contributed by atoms with Gasteiger partial charge in [0.15, 0.2) is 0 Å². The van der Waals surface area contributed by atoms with Crippen LogP contribution in [0, 0.1) is 0 Å². The van der Waals surface area contributed by atoms with Crippen LogP contribution in [0.3, 0.4) is 0 Å². The number of hydrogen-bond donors (Lipinski definition) is 2. The highest BCUT2D eigenvalue weighted by Gasteiger charge is 2.30. The molecule has 0 saturated heterocycles. The standard InChI is InChI=1S/C20H15ClF3N3O4/c21-16-4-2-1-3-13(16)11-27-18(29)15(10-26-19(27)30)17(28)25-9-12-5-7-14(8-6-12)31-20(22,23)24/h1-8,10H,9,11H2,(H,25,28)(H,26,30). The van der Waals surface area contributed by atoms with Crippen molar-refractivity contribution >= 4 is 17.5 Å². The van der Waals surface area contributed by atoms with Gasteiger partial charge >= 0.3 is 12.1 Å². The molecule has 1 heterocycles. The first-order chi connectivity index (χ1) is 14.6. The van der Waals surface area contributed by atoms with Crippen molar-refractivity contribution in [1.82, 2.24) is 14.9 Å². The Labute approximate surface area is 178 Å². The molecule has 2 N–H and O–H groups in total. The lowest BCUT2D eigenvalue weighted by molar-refractivity contribution is -0.274. The lowest BCUT2D eigenvalue weighted by Crippen LogP contribution is -2.40.